The van der Waals surface area contributed by atoms with E-state index in [1.165, 1.54) is 0 Å². The lowest BCUT2D eigenvalue weighted by Crippen LogP contribution is -2.51. The van der Waals surface area contributed by atoms with Crippen LogP contribution in [-0.2, 0) is 4.79 Å². The molecule has 0 bridgehead atoms. The Bertz CT molecular complexity index is 498. The second kappa shape index (κ2) is 7.89. The third-order valence-corrected chi connectivity index (χ3v) is 3.97. The lowest BCUT2D eigenvalue weighted by molar-refractivity contribution is -0.123. The Hall–Kier alpha value is -1.95. The van der Waals surface area contributed by atoms with Gasteiger partial charge in [0.05, 0.1) is 6.54 Å². The molecule has 0 spiro atoms. The molecule has 1 aliphatic heterocycles. The van der Waals surface area contributed by atoms with Crippen molar-refractivity contribution in [2.75, 3.05) is 32.7 Å². The van der Waals surface area contributed by atoms with Gasteiger partial charge in [0, 0.05) is 50.2 Å². The standard InChI is InChI=1S/C16H24N4O2/c1-3-13(2)18-15(21)12-19-8-10-20(11-9-19)16(22)14-4-6-17-7-5-14/h4-7,13H,3,8-12H2,1-2H3,(H,18,21). The monoisotopic (exact) mass is 304 g/mol. The van der Waals surface area contributed by atoms with Crippen LogP contribution in [0.2, 0.25) is 0 Å². The Morgan fingerprint density at radius 2 is 1.86 bits per heavy atom. The maximum atomic E-state index is 12.3. The van der Waals surface area contributed by atoms with E-state index in [1.807, 2.05) is 11.8 Å². The Balaban J connectivity index is 1.78. The molecule has 0 radical (unpaired) electrons. The summed E-state index contributed by atoms with van der Waals surface area (Å²) < 4.78 is 0. The summed E-state index contributed by atoms with van der Waals surface area (Å²) in [6.45, 7) is 7.21. The largest absolute Gasteiger partial charge is 0.353 e. The predicted octanol–water partition coefficient (Wildman–Crippen LogP) is 0.754. The van der Waals surface area contributed by atoms with Crippen molar-refractivity contribution in [3.63, 3.8) is 0 Å². The molecular formula is C16H24N4O2. The molecule has 1 aromatic heterocycles. The molecule has 120 valence electrons. The molecule has 0 aromatic carbocycles. The van der Waals surface area contributed by atoms with Crippen LogP contribution in [0.3, 0.4) is 0 Å². The fourth-order valence-corrected chi connectivity index (χ4v) is 2.41. The summed E-state index contributed by atoms with van der Waals surface area (Å²) in [6.07, 6.45) is 4.19. The van der Waals surface area contributed by atoms with Gasteiger partial charge in [-0.25, -0.2) is 0 Å². The van der Waals surface area contributed by atoms with Gasteiger partial charge in [0.1, 0.15) is 0 Å². The van der Waals surface area contributed by atoms with Gasteiger partial charge in [-0.05, 0) is 25.5 Å². The van der Waals surface area contributed by atoms with Gasteiger partial charge in [0.2, 0.25) is 5.91 Å². The number of aromatic nitrogens is 1. The Morgan fingerprint density at radius 3 is 2.45 bits per heavy atom. The van der Waals surface area contributed by atoms with E-state index in [0.717, 1.165) is 19.5 Å². The lowest BCUT2D eigenvalue weighted by Gasteiger charge is -2.34. The van der Waals surface area contributed by atoms with Crippen LogP contribution < -0.4 is 5.32 Å². The fourth-order valence-electron chi connectivity index (χ4n) is 2.41. The number of nitrogens with one attached hydrogen (secondary N) is 1. The van der Waals surface area contributed by atoms with Crippen molar-refractivity contribution in [3.05, 3.63) is 30.1 Å². The molecule has 1 atom stereocenters. The normalized spacial score (nSPS) is 17.1. The van der Waals surface area contributed by atoms with Crippen molar-refractivity contribution in [2.24, 2.45) is 0 Å². The summed E-state index contributed by atoms with van der Waals surface area (Å²) in [4.78, 5) is 32.0. The molecule has 1 unspecified atom stereocenters. The molecule has 6 heteroatoms. The van der Waals surface area contributed by atoms with Gasteiger partial charge < -0.3 is 10.2 Å². The molecule has 1 N–H and O–H groups in total. The minimum absolute atomic E-state index is 0.0334. The number of hydrogen-bond donors (Lipinski definition) is 1. The van der Waals surface area contributed by atoms with E-state index < -0.39 is 0 Å². The first-order valence-electron chi connectivity index (χ1n) is 7.81. The first-order chi connectivity index (χ1) is 10.6. The van der Waals surface area contributed by atoms with Gasteiger partial charge in [-0.2, -0.15) is 0 Å². The zero-order chi connectivity index (χ0) is 15.9. The Kier molecular flexibility index (Phi) is 5.89. The van der Waals surface area contributed by atoms with Crippen molar-refractivity contribution in [3.8, 4) is 0 Å². The first kappa shape index (κ1) is 16.4. The smallest absolute Gasteiger partial charge is 0.254 e. The van der Waals surface area contributed by atoms with Crippen LogP contribution in [0, 0.1) is 0 Å². The highest BCUT2D eigenvalue weighted by molar-refractivity contribution is 5.94. The zero-order valence-electron chi connectivity index (χ0n) is 13.3. The van der Waals surface area contributed by atoms with Gasteiger partial charge in [-0.1, -0.05) is 6.92 Å². The molecule has 1 fully saturated rings. The molecule has 1 aliphatic rings. The number of pyridine rings is 1. The molecule has 2 rings (SSSR count). The van der Waals surface area contributed by atoms with Crippen LogP contribution in [-0.4, -0.2) is 65.4 Å². The van der Waals surface area contributed by atoms with Crippen LogP contribution in [0.1, 0.15) is 30.6 Å². The predicted molar refractivity (Wildman–Crippen MR) is 84.5 cm³/mol. The number of carbonyl (C=O) groups is 2. The van der Waals surface area contributed by atoms with Gasteiger partial charge >= 0.3 is 0 Å². The number of piperazine rings is 1. The van der Waals surface area contributed by atoms with E-state index in [1.54, 1.807) is 24.5 Å². The van der Waals surface area contributed by atoms with Crippen molar-refractivity contribution in [1.29, 1.82) is 0 Å². The van der Waals surface area contributed by atoms with Crippen LogP contribution >= 0.6 is 0 Å². The molecule has 2 amide bonds. The fraction of sp³-hybridized carbons (Fsp3) is 0.562. The highest BCUT2D eigenvalue weighted by Gasteiger charge is 2.23. The second-order valence-corrected chi connectivity index (χ2v) is 5.68. The van der Waals surface area contributed by atoms with Gasteiger partial charge in [-0.3, -0.25) is 19.5 Å². The van der Waals surface area contributed by atoms with Crippen LogP contribution in [0.15, 0.2) is 24.5 Å². The molecule has 1 saturated heterocycles. The van der Waals surface area contributed by atoms with Crippen LogP contribution in [0.5, 0.6) is 0 Å². The van der Waals surface area contributed by atoms with Crippen molar-refractivity contribution < 1.29 is 9.59 Å². The summed E-state index contributed by atoms with van der Waals surface area (Å²) in [5.41, 5.74) is 0.665. The minimum Gasteiger partial charge on any atom is -0.353 e. The van der Waals surface area contributed by atoms with Gasteiger partial charge in [-0.15, -0.1) is 0 Å². The summed E-state index contributed by atoms with van der Waals surface area (Å²) in [6, 6.07) is 3.67. The van der Waals surface area contributed by atoms with Crippen molar-refractivity contribution >= 4 is 11.8 Å². The van der Waals surface area contributed by atoms with E-state index in [0.29, 0.717) is 25.2 Å². The maximum absolute atomic E-state index is 12.3. The summed E-state index contributed by atoms with van der Waals surface area (Å²) in [7, 11) is 0. The molecule has 1 aromatic rings. The number of amides is 2. The second-order valence-electron chi connectivity index (χ2n) is 5.68. The molecule has 0 saturated carbocycles. The van der Waals surface area contributed by atoms with E-state index in [9.17, 15) is 9.59 Å². The topological polar surface area (TPSA) is 65.5 Å². The van der Waals surface area contributed by atoms with Gasteiger partial charge in [0.15, 0.2) is 0 Å². The molecule has 22 heavy (non-hydrogen) atoms. The highest BCUT2D eigenvalue weighted by Crippen LogP contribution is 2.08. The summed E-state index contributed by atoms with van der Waals surface area (Å²) in [5, 5.41) is 2.97. The number of carbonyl (C=O) groups excluding carboxylic acids is 2. The first-order valence-corrected chi connectivity index (χ1v) is 7.81. The number of hydrogen-bond acceptors (Lipinski definition) is 4. The molecule has 2 heterocycles. The third kappa shape index (κ3) is 4.53. The Morgan fingerprint density at radius 1 is 1.23 bits per heavy atom. The lowest BCUT2D eigenvalue weighted by atomic mass is 10.2. The van der Waals surface area contributed by atoms with Crippen molar-refractivity contribution in [2.45, 2.75) is 26.3 Å². The SMILES string of the molecule is CCC(C)NC(=O)CN1CCN(C(=O)c2ccncc2)CC1. The van der Waals surface area contributed by atoms with E-state index in [-0.39, 0.29) is 17.9 Å². The average molecular weight is 304 g/mol. The zero-order valence-corrected chi connectivity index (χ0v) is 13.3. The number of nitrogens with zero attached hydrogens (tertiary/aromatic N) is 3. The number of rotatable bonds is 5. The third-order valence-electron chi connectivity index (χ3n) is 3.97. The quantitative estimate of drug-likeness (QED) is 0.872. The van der Waals surface area contributed by atoms with Crippen LogP contribution in [0.4, 0.5) is 0 Å². The molecule has 0 aliphatic carbocycles. The van der Waals surface area contributed by atoms with E-state index >= 15 is 0 Å². The van der Waals surface area contributed by atoms with E-state index in [4.69, 9.17) is 0 Å². The molecule has 6 nitrogen and oxygen atoms in total. The van der Waals surface area contributed by atoms with Crippen molar-refractivity contribution in [1.82, 2.24) is 20.1 Å². The average Bonchev–Trinajstić information content (AvgIpc) is 2.55. The van der Waals surface area contributed by atoms with Gasteiger partial charge in [0.25, 0.3) is 5.91 Å². The summed E-state index contributed by atoms with van der Waals surface area (Å²) >= 11 is 0. The summed E-state index contributed by atoms with van der Waals surface area (Å²) in [5.74, 6) is 0.0920. The minimum atomic E-state index is 0.0334. The van der Waals surface area contributed by atoms with Crippen LogP contribution in [0.25, 0.3) is 0 Å². The Labute approximate surface area is 131 Å². The van der Waals surface area contributed by atoms with E-state index in [2.05, 4.69) is 22.1 Å². The molecular weight excluding hydrogens is 280 g/mol. The highest BCUT2D eigenvalue weighted by atomic mass is 16.2. The maximum Gasteiger partial charge on any atom is 0.254 e.